The van der Waals surface area contributed by atoms with E-state index in [1.54, 1.807) is 24.3 Å². The summed E-state index contributed by atoms with van der Waals surface area (Å²) in [6.45, 7) is 2.49. The van der Waals surface area contributed by atoms with E-state index in [0.29, 0.717) is 23.7 Å². The van der Waals surface area contributed by atoms with Crippen LogP contribution < -0.4 is 14.9 Å². The molecule has 1 aromatic heterocycles. The zero-order valence-corrected chi connectivity index (χ0v) is 18.5. The average molecular weight is 520 g/mol. The van der Waals surface area contributed by atoms with Crippen LogP contribution in [0.1, 0.15) is 23.0 Å². The maximum Gasteiger partial charge on any atom is 0.307 e. The molecular weight excluding hydrogens is 504 g/mol. The summed E-state index contributed by atoms with van der Waals surface area (Å²) in [6.07, 6.45) is 6.72. The average Bonchev–Trinajstić information content (AvgIpc) is 3.12. The van der Waals surface area contributed by atoms with Gasteiger partial charge in [-0.25, -0.2) is 5.43 Å². The Morgan fingerprint density at radius 1 is 1.24 bits per heavy atom. The number of rotatable bonds is 7. The van der Waals surface area contributed by atoms with Gasteiger partial charge < -0.3 is 13.9 Å². The first-order valence-corrected chi connectivity index (χ1v) is 10.2. The number of fused-ring (bicyclic) bond motifs is 1. The minimum Gasteiger partial charge on any atom is -0.490 e. The lowest BCUT2D eigenvalue weighted by atomic mass is 10.2. The summed E-state index contributed by atoms with van der Waals surface area (Å²) in [5.41, 5.74) is 3.76. The number of nitrogens with one attached hydrogen (secondary N) is 1. The van der Waals surface area contributed by atoms with Crippen LogP contribution in [0.5, 0.6) is 11.5 Å². The van der Waals surface area contributed by atoms with E-state index in [1.807, 2.05) is 19.1 Å². The smallest absolute Gasteiger partial charge is 0.307 e. The second-order valence-electron chi connectivity index (χ2n) is 5.75. The lowest BCUT2D eigenvalue weighted by Gasteiger charge is -2.10. The predicted molar refractivity (Wildman–Crippen MR) is 119 cm³/mol. The van der Waals surface area contributed by atoms with Crippen LogP contribution in [0.25, 0.3) is 11.0 Å². The Hall–Kier alpha value is -2.76. The summed E-state index contributed by atoms with van der Waals surface area (Å²) in [6, 6.07) is 10.6. The first-order valence-electron chi connectivity index (χ1n) is 8.57. The molecule has 2 aromatic carbocycles. The van der Waals surface area contributed by atoms with Crippen molar-refractivity contribution >= 4 is 55.0 Å². The van der Waals surface area contributed by atoms with Gasteiger partial charge in [-0.05, 0) is 64.8 Å². The Bertz CT molecular complexity index is 1120. The number of halogens is 2. The highest BCUT2D eigenvalue weighted by molar-refractivity contribution is 9.11. The van der Waals surface area contributed by atoms with Crippen molar-refractivity contribution in [1.82, 2.24) is 5.43 Å². The molecule has 29 heavy (non-hydrogen) atoms. The van der Waals surface area contributed by atoms with Crippen LogP contribution in [0.3, 0.4) is 0 Å². The van der Waals surface area contributed by atoms with Crippen LogP contribution >= 0.6 is 31.9 Å². The number of benzene rings is 2. The quantitative estimate of drug-likeness (QED) is 0.267. The van der Waals surface area contributed by atoms with Gasteiger partial charge in [0.2, 0.25) is 0 Å². The Kier molecular flexibility index (Phi) is 6.96. The van der Waals surface area contributed by atoms with Crippen LogP contribution in [0.15, 0.2) is 54.9 Å². The maximum atomic E-state index is 12.3. The molecule has 0 fully saturated rings. The summed E-state index contributed by atoms with van der Waals surface area (Å²) >= 11 is 6.82. The maximum absolute atomic E-state index is 12.3. The number of nitrogens with zero attached hydrogens (tertiary/aromatic N) is 1. The van der Waals surface area contributed by atoms with E-state index in [2.05, 4.69) is 48.3 Å². The molecule has 0 aliphatic heterocycles. The molecule has 0 aliphatic carbocycles. The zero-order valence-electron chi connectivity index (χ0n) is 15.4. The van der Waals surface area contributed by atoms with Gasteiger partial charge in [0.1, 0.15) is 12.2 Å². The number of carbonyl (C=O) groups is 1. The van der Waals surface area contributed by atoms with Gasteiger partial charge >= 0.3 is 5.91 Å². The highest BCUT2D eigenvalue weighted by Gasteiger charge is 2.14. The Morgan fingerprint density at radius 3 is 2.83 bits per heavy atom. The second kappa shape index (κ2) is 9.63. The van der Waals surface area contributed by atoms with Crippen LogP contribution in [-0.4, -0.2) is 25.3 Å². The fourth-order valence-corrected chi connectivity index (χ4v) is 3.86. The molecule has 3 aromatic rings. The number of hydrogen-bond donors (Lipinski definition) is 1. The van der Waals surface area contributed by atoms with Crippen molar-refractivity contribution < 1.29 is 18.7 Å². The van der Waals surface area contributed by atoms with Gasteiger partial charge in [0.15, 0.2) is 17.3 Å². The number of furan rings is 1. The Morgan fingerprint density at radius 2 is 2.07 bits per heavy atom. The van der Waals surface area contributed by atoms with E-state index in [1.165, 1.54) is 6.21 Å². The molecule has 0 saturated heterocycles. The molecule has 0 saturated carbocycles. The minimum atomic E-state index is -0.459. The fourth-order valence-electron chi connectivity index (χ4n) is 2.52. The number of terminal acetylenes is 1. The van der Waals surface area contributed by atoms with E-state index in [0.717, 1.165) is 19.9 Å². The van der Waals surface area contributed by atoms with Crippen molar-refractivity contribution in [3.8, 4) is 23.8 Å². The number of hydrazone groups is 1. The topological polar surface area (TPSA) is 73.1 Å². The van der Waals surface area contributed by atoms with Crippen molar-refractivity contribution in [2.24, 2.45) is 5.10 Å². The third-order valence-electron chi connectivity index (χ3n) is 3.72. The van der Waals surface area contributed by atoms with Crippen molar-refractivity contribution in [1.29, 1.82) is 0 Å². The Labute approximate surface area is 184 Å². The largest absolute Gasteiger partial charge is 0.490 e. The summed E-state index contributed by atoms with van der Waals surface area (Å²) in [7, 11) is 0. The second-order valence-corrected chi connectivity index (χ2v) is 7.52. The number of ether oxygens (including phenoxy) is 2. The van der Waals surface area contributed by atoms with Gasteiger partial charge in [-0.15, -0.1) is 6.42 Å². The lowest BCUT2D eigenvalue weighted by Crippen LogP contribution is -2.16. The van der Waals surface area contributed by atoms with E-state index in [-0.39, 0.29) is 12.4 Å². The molecule has 3 rings (SSSR count). The molecule has 1 heterocycles. The normalized spacial score (nSPS) is 10.8. The highest BCUT2D eigenvalue weighted by Crippen LogP contribution is 2.31. The lowest BCUT2D eigenvalue weighted by molar-refractivity contribution is 0.0929. The number of amides is 1. The molecule has 0 radical (unpaired) electrons. The van der Waals surface area contributed by atoms with Crippen molar-refractivity contribution in [3.63, 3.8) is 0 Å². The predicted octanol–water partition coefficient (Wildman–Crippen LogP) is 5.13. The van der Waals surface area contributed by atoms with E-state index in [4.69, 9.17) is 20.3 Å². The summed E-state index contributed by atoms with van der Waals surface area (Å²) in [4.78, 5) is 12.3. The van der Waals surface area contributed by atoms with Crippen molar-refractivity contribution in [3.05, 3.63) is 56.7 Å². The standard InChI is InChI=1S/C21H16Br2N2O4/c1-3-7-28-17-6-5-13(8-18(17)27-4-2)12-24-25-21(26)19-10-14-9-15(22)11-16(23)20(14)29-19/h1,5-6,8-12H,4,7H2,2H3,(H,25,26)/b24-12-. The molecule has 148 valence electrons. The number of carbonyl (C=O) groups excluding carboxylic acids is 1. The molecule has 6 nitrogen and oxygen atoms in total. The minimum absolute atomic E-state index is 0.147. The van der Waals surface area contributed by atoms with Crippen LogP contribution in [0.4, 0.5) is 0 Å². The monoisotopic (exact) mass is 518 g/mol. The van der Waals surface area contributed by atoms with Gasteiger partial charge in [-0.1, -0.05) is 21.9 Å². The SMILES string of the molecule is C#CCOc1ccc(/C=N\NC(=O)c2cc3cc(Br)cc(Br)c3o2)cc1OCC. The van der Waals surface area contributed by atoms with E-state index in [9.17, 15) is 4.79 Å². The molecule has 8 heteroatoms. The third kappa shape index (κ3) is 5.19. The van der Waals surface area contributed by atoms with Crippen molar-refractivity contribution in [2.45, 2.75) is 6.92 Å². The summed E-state index contributed by atoms with van der Waals surface area (Å²) in [5, 5.41) is 4.78. The van der Waals surface area contributed by atoms with E-state index < -0.39 is 5.91 Å². The Balaban J connectivity index is 1.72. The summed E-state index contributed by atoms with van der Waals surface area (Å²) in [5.74, 6) is 3.20. The first-order chi connectivity index (χ1) is 14.0. The molecule has 0 bridgehead atoms. The van der Waals surface area contributed by atoms with Gasteiger partial charge in [-0.3, -0.25) is 4.79 Å². The zero-order chi connectivity index (χ0) is 20.8. The van der Waals surface area contributed by atoms with Crippen LogP contribution in [0, 0.1) is 12.3 Å². The molecule has 0 aliphatic rings. The molecule has 1 amide bonds. The van der Waals surface area contributed by atoms with Crippen LogP contribution in [-0.2, 0) is 0 Å². The van der Waals surface area contributed by atoms with Crippen molar-refractivity contribution in [2.75, 3.05) is 13.2 Å². The molecule has 0 unspecified atom stereocenters. The van der Waals surface area contributed by atoms with Gasteiger partial charge in [0, 0.05) is 9.86 Å². The van der Waals surface area contributed by atoms with Gasteiger partial charge in [0.05, 0.1) is 17.3 Å². The third-order valence-corrected chi connectivity index (χ3v) is 4.76. The molecule has 0 spiro atoms. The molecule has 0 atom stereocenters. The fraction of sp³-hybridized carbons (Fsp3) is 0.143. The summed E-state index contributed by atoms with van der Waals surface area (Å²) < 4.78 is 18.3. The van der Waals surface area contributed by atoms with E-state index >= 15 is 0 Å². The molecular formula is C21H16Br2N2O4. The van der Waals surface area contributed by atoms with Gasteiger partial charge in [-0.2, -0.15) is 5.10 Å². The first kappa shape index (κ1) is 21.0. The van der Waals surface area contributed by atoms with Crippen LogP contribution in [0.2, 0.25) is 0 Å². The molecule has 1 N–H and O–H groups in total. The van der Waals surface area contributed by atoms with Gasteiger partial charge in [0.25, 0.3) is 0 Å². The highest BCUT2D eigenvalue weighted by atomic mass is 79.9. The number of hydrogen-bond acceptors (Lipinski definition) is 5.